The SMILES string of the molecule is CC.Cc1ccc(-c2ccc(CN=O)nc2)cc1. The van der Waals surface area contributed by atoms with E-state index in [0.29, 0.717) is 5.69 Å². The zero-order valence-electron chi connectivity index (χ0n) is 11.1. The highest BCUT2D eigenvalue weighted by atomic mass is 16.3. The molecule has 0 radical (unpaired) electrons. The van der Waals surface area contributed by atoms with E-state index >= 15 is 0 Å². The minimum absolute atomic E-state index is 0.133. The maximum absolute atomic E-state index is 10.1. The van der Waals surface area contributed by atoms with E-state index in [1.54, 1.807) is 6.20 Å². The molecule has 2 aromatic rings. The molecule has 0 amide bonds. The molecule has 0 saturated carbocycles. The molecule has 0 bridgehead atoms. The Morgan fingerprint density at radius 2 is 1.61 bits per heavy atom. The van der Waals surface area contributed by atoms with Gasteiger partial charge in [0.1, 0.15) is 6.54 Å². The van der Waals surface area contributed by atoms with Crippen LogP contribution in [0.5, 0.6) is 0 Å². The fourth-order valence-electron chi connectivity index (χ4n) is 1.50. The fourth-order valence-corrected chi connectivity index (χ4v) is 1.50. The maximum Gasteiger partial charge on any atom is 0.123 e. The number of nitroso groups, excluding NO2 is 1. The number of aromatic nitrogens is 1. The van der Waals surface area contributed by atoms with Crippen LogP contribution in [0.4, 0.5) is 0 Å². The fraction of sp³-hybridized carbons (Fsp3) is 0.267. The van der Waals surface area contributed by atoms with E-state index in [1.165, 1.54) is 5.56 Å². The second-order valence-corrected chi connectivity index (χ2v) is 3.69. The molecule has 0 aliphatic carbocycles. The summed E-state index contributed by atoms with van der Waals surface area (Å²) in [5.41, 5.74) is 4.11. The summed E-state index contributed by atoms with van der Waals surface area (Å²) < 4.78 is 0. The van der Waals surface area contributed by atoms with Crippen LogP contribution in [0.2, 0.25) is 0 Å². The van der Waals surface area contributed by atoms with Gasteiger partial charge in [-0.15, -0.1) is 0 Å². The minimum atomic E-state index is 0.133. The predicted molar refractivity (Wildman–Crippen MR) is 75.3 cm³/mol. The van der Waals surface area contributed by atoms with Gasteiger partial charge in [0.25, 0.3) is 0 Å². The molecule has 0 saturated heterocycles. The molecular weight excluding hydrogens is 224 g/mol. The standard InChI is InChI=1S/C13H12N2O.C2H6/c1-10-2-4-11(5-3-10)12-6-7-13(9-15-16)14-8-12;1-2/h2-8H,9H2,1H3;1-2H3. The van der Waals surface area contributed by atoms with Gasteiger partial charge in [-0.2, -0.15) is 4.91 Å². The zero-order chi connectivity index (χ0) is 13.4. The number of hydrogen-bond acceptors (Lipinski definition) is 3. The summed E-state index contributed by atoms with van der Waals surface area (Å²) in [5, 5.41) is 2.81. The molecule has 3 nitrogen and oxygen atoms in total. The molecule has 0 aliphatic heterocycles. The maximum atomic E-state index is 10.1. The van der Waals surface area contributed by atoms with Crippen LogP contribution in [0.15, 0.2) is 47.8 Å². The summed E-state index contributed by atoms with van der Waals surface area (Å²) >= 11 is 0. The van der Waals surface area contributed by atoms with Crippen LogP contribution in [0.3, 0.4) is 0 Å². The van der Waals surface area contributed by atoms with Gasteiger partial charge in [0, 0.05) is 11.8 Å². The number of hydrogen-bond donors (Lipinski definition) is 0. The monoisotopic (exact) mass is 242 g/mol. The lowest BCUT2D eigenvalue weighted by atomic mass is 10.1. The van der Waals surface area contributed by atoms with Crippen molar-refractivity contribution in [3.05, 3.63) is 58.8 Å². The molecule has 2 rings (SSSR count). The summed E-state index contributed by atoms with van der Waals surface area (Å²) in [6.45, 7) is 6.19. The number of nitrogens with zero attached hydrogens (tertiary/aromatic N) is 2. The van der Waals surface area contributed by atoms with Crippen LogP contribution in [0, 0.1) is 11.8 Å². The van der Waals surface area contributed by atoms with Gasteiger partial charge in [0.2, 0.25) is 0 Å². The lowest BCUT2D eigenvalue weighted by Crippen LogP contribution is -1.87. The molecule has 0 spiro atoms. The highest BCUT2D eigenvalue weighted by Gasteiger charge is 1.98. The van der Waals surface area contributed by atoms with E-state index in [2.05, 4.69) is 41.4 Å². The second-order valence-electron chi connectivity index (χ2n) is 3.69. The first-order valence-corrected chi connectivity index (χ1v) is 6.10. The Bertz CT molecular complexity index is 475. The molecule has 1 heterocycles. The number of aryl methyl sites for hydroxylation is 1. The van der Waals surface area contributed by atoms with Gasteiger partial charge in [-0.05, 0) is 18.6 Å². The van der Waals surface area contributed by atoms with Crippen molar-refractivity contribution in [1.29, 1.82) is 0 Å². The number of benzene rings is 1. The van der Waals surface area contributed by atoms with Crippen molar-refractivity contribution in [2.45, 2.75) is 27.3 Å². The van der Waals surface area contributed by atoms with Gasteiger partial charge in [0.15, 0.2) is 0 Å². The van der Waals surface area contributed by atoms with Gasteiger partial charge in [-0.3, -0.25) is 4.98 Å². The number of pyridine rings is 1. The van der Waals surface area contributed by atoms with Gasteiger partial charge in [-0.1, -0.05) is 54.9 Å². The predicted octanol–water partition coefficient (Wildman–Crippen LogP) is 4.35. The van der Waals surface area contributed by atoms with Gasteiger partial charge in [-0.25, -0.2) is 0 Å². The van der Waals surface area contributed by atoms with E-state index < -0.39 is 0 Å². The van der Waals surface area contributed by atoms with E-state index in [1.807, 2.05) is 26.0 Å². The molecule has 3 heteroatoms. The molecule has 0 unspecified atom stereocenters. The largest absolute Gasteiger partial charge is 0.259 e. The van der Waals surface area contributed by atoms with E-state index in [9.17, 15) is 4.91 Å². The Balaban J connectivity index is 0.000000771. The summed E-state index contributed by atoms with van der Waals surface area (Å²) in [6, 6.07) is 12.0. The normalized spacial score (nSPS) is 9.28. The van der Waals surface area contributed by atoms with Crippen molar-refractivity contribution in [3.8, 4) is 11.1 Å². The van der Waals surface area contributed by atoms with Crippen LogP contribution < -0.4 is 0 Å². The molecule has 0 fully saturated rings. The van der Waals surface area contributed by atoms with Gasteiger partial charge in [0.05, 0.1) is 5.69 Å². The molecule has 0 N–H and O–H groups in total. The molecule has 0 aliphatic rings. The Morgan fingerprint density at radius 1 is 1.00 bits per heavy atom. The highest BCUT2D eigenvalue weighted by molar-refractivity contribution is 5.62. The van der Waals surface area contributed by atoms with Crippen LogP contribution >= 0.6 is 0 Å². The summed E-state index contributed by atoms with van der Waals surface area (Å²) in [4.78, 5) is 14.3. The van der Waals surface area contributed by atoms with Crippen molar-refractivity contribution >= 4 is 0 Å². The van der Waals surface area contributed by atoms with Gasteiger partial charge < -0.3 is 0 Å². The van der Waals surface area contributed by atoms with E-state index in [0.717, 1.165) is 11.1 Å². The van der Waals surface area contributed by atoms with Crippen molar-refractivity contribution in [3.63, 3.8) is 0 Å². The van der Waals surface area contributed by atoms with Crippen LogP contribution in [0.1, 0.15) is 25.1 Å². The van der Waals surface area contributed by atoms with Gasteiger partial charge >= 0.3 is 0 Å². The van der Waals surface area contributed by atoms with E-state index in [-0.39, 0.29) is 6.54 Å². The molecule has 94 valence electrons. The average molecular weight is 242 g/mol. The zero-order valence-corrected chi connectivity index (χ0v) is 11.1. The Kier molecular flexibility index (Phi) is 5.71. The van der Waals surface area contributed by atoms with E-state index in [4.69, 9.17) is 0 Å². The van der Waals surface area contributed by atoms with Crippen LogP contribution in [-0.4, -0.2) is 4.98 Å². The lowest BCUT2D eigenvalue weighted by molar-refractivity contribution is 0.982. The first-order valence-electron chi connectivity index (χ1n) is 6.10. The minimum Gasteiger partial charge on any atom is -0.259 e. The Hall–Kier alpha value is -2.03. The molecule has 1 aromatic carbocycles. The number of rotatable bonds is 3. The van der Waals surface area contributed by atoms with Crippen molar-refractivity contribution in [2.75, 3.05) is 0 Å². The van der Waals surface area contributed by atoms with Crippen LogP contribution in [-0.2, 0) is 6.54 Å². The first kappa shape index (κ1) is 14.0. The second kappa shape index (κ2) is 7.33. The Morgan fingerprint density at radius 3 is 2.11 bits per heavy atom. The smallest absolute Gasteiger partial charge is 0.123 e. The molecule has 18 heavy (non-hydrogen) atoms. The van der Waals surface area contributed by atoms with Crippen molar-refractivity contribution < 1.29 is 0 Å². The molecule has 0 atom stereocenters. The summed E-state index contributed by atoms with van der Waals surface area (Å²) in [6.07, 6.45) is 1.77. The quantitative estimate of drug-likeness (QED) is 0.751. The Labute approximate surface area is 108 Å². The third-order valence-electron chi connectivity index (χ3n) is 2.44. The van der Waals surface area contributed by atoms with Crippen molar-refractivity contribution in [1.82, 2.24) is 4.98 Å². The third kappa shape index (κ3) is 3.77. The third-order valence-corrected chi connectivity index (χ3v) is 2.44. The summed E-state index contributed by atoms with van der Waals surface area (Å²) in [5.74, 6) is 0. The topological polar surface area (TPSA) is 42.3 Å². The first-order chi connectivity index (χ1) is 8.79. The highest BCUT2D eigenvalue weighted by Crippen LogP contribution is 2.18. The summed E-state index contributed by atoms with van der Waals surface area (Å²) in [7, 11) is 0. The average Bonchev–Trinajstić information content (AvgIpc) is 2.43. The van der Waals surface area contributed by atoms with Crippen molar-refractivity contribution in [2.24, 2.45) is 5.18 Å². The van der Waals surface area contributed by atoms with Crippen LogP contribution in [0.25, 0.3) is 11.1 Å². The molecular formula is C15H18N2O. The lowest BCUT2D eigenvalue weighted by Gasteiger charge is -2.02. The molecule has 1 aromatic heterocycles.